The molecule has 0 radical (unpaired) electrons. The van der Waals surface area contributed by atoms with Gasteiger partial charge in [-0.15, -0.1) is 0 Å². The second-order valence-electron chi connectivity index (χ2n) is 5.93. The first-order chi connectivity index (χ1) is 12.2. The zero-order valence-electron chi connectivity index (χ0n) is 13.8. The molecule has 4 rings (SSSR count). The maximum atomic E-state index is 12.8. The van der Waals surface area contributed by atoms with Gasteiger partial charge in [-0.25, -0.2) is 4.79 Å². The third-order valence-electron chi connectivity index (χ3n) is 4.40. The number of nitrogens with zero attached hydrogens (tertiary/aromatic N) is 2. The minimum Gasteiger partial charge on any atom is -0.462 e. The molecule has 2 heterocycles. The largest absolute Gasteiger partial charge is 0.462 e. The van der Waals surface area contributed by atoms with Crippen LogP contribution in [-0.4, -0.2) is 22.4 Å². The standard InChI is InChI=1S/C20H17ClN2O2/c1-2-25-20(24)17-18(14-7-5-8-15(21)12-14)22-23-11-10-13-6-3-4-9-16(13)19(17)23/h3-9,12H,2,10-11H2,1H3. The van der Waals surface area contributed by atoms with E-state index >= 15 is 0 Å². The van der Waals surface area contributed by atoms with Crippen LogP contribution in [0.4, 0.5) is 0 Å². The third kappa shape index (κ3) is 2.72. The van der Waals surface area contributed by atoms with E-state index in [1.54, 1.807) is 13.0 Å². The molecular weight excluding hydrogens is 336 g/mol. The maximum Gasteiger partial charge on any atom is 0.342 e. The molecule has 1 aliphatic heterocycles. The zero-order chi connectivity index (χ0) is 17.4. The Morgan fingerprint density at radius 3 is 2.88 bits per heavy atom. The quantitative estimate of drug-likeness (QED) is 0.647. The molecule has 1 aliphatic rings. The fraction of sp³-hybridized carbons (Fsp3) is 0.200. The summed E-state index contributed by atoms with van der Waals surface area (Å²) >= 11 is 6.14. The molecule has 1 aromatic heterocycles. The molecule has 2 aromatic carbocycles. The van der Waals surface area contributed by atoms with Gasteiger partial charge in [0, 0.05) is 22.7 Å². The van der Waals surface area contributed by atoms with Crippen LogP contribution in [0.25, 0.3) is 22.5 Å². The number of carbonyl (C=O) groups is 1. The Morgan fingerprint density at radius 1 is 1.24 bits per heavy atom. The number of aromatic nitrogens is 2. The van der Waals surface area contributed by atoms with E-state index in [0.29, 0.717) is 22.9 Å². The Hall–Kier alpha value is -2.59. The van der Waals surface area contributed by atoms with E-state index in [0.717, 1.165) is 29.8 Å². The van der Waals surface area contributed by atoms with Crippen LogP contribution in [0.1, 0.15) is 22.8 Å². The highest BCUT2D eigenvalue weighted by Crippen LogP contribution is 2.37. The summed E-state index contributed by atoms with van der Waals surface area (Å²) in [5, 5.41) is 5.33. The van der Waals surface area contributed by atoms with E-state index in [4.69, 9.17) is 21.4 Å². The maximum absolute atomic E-state index is 12.8. The van der Waals surface area contributed by atoms with Crippen molar-refractivity contribution in [2.45, 2.75) is 19.9 Å². The van der Waals surface area contributed by atoms with E-state index in [1.807, 2.05) is 41.1 Å². The Morgan fingerprint density at radius 2 is 2.08 bits per heavy atom. The SMILES string of the molecule is CCOC(=O)c1c(-c2cccc(Cl)c2)nn2c1-c1ccccc1CC2. The van der Waals surface area contributed by atoms with Crippen molar-refractivity contribution in [1.29, 1.82) is 0 Å². The summed E-state index contributed by atoms with van der Waals surface area (Å²) in [5.74, 6) is -0.351. The molecule has 0 fully saturated rings. The lowest BCUT2D eigenvalue weighted by Crippen LogP contribution is -2.14. The second-order valence-corrected chi connectivity index (χ2v) is 6.37. The highest BCUT2D eigenvalue weighted by molar-refractivity contribution is 6.30. The molecule has 126 valence electrons. The Bertz CT molecular complexity index is 962. The fourth-order valence-electron chi connectivity index (χ4n) is 3.33. The van der Waals surface area contributed by atoms with Crippen LogP contribution >= 0.6 is 11.6 Å². The molecule has 3 aromatic rings. The first-order valence-corrected chi connectivity index (χ1v) is 8.69. The highest BCUT2D eigenvalue weighted by atomic mass is 35.5. The van der Waals surface area contributed by atoms with Crippen LogP contribution in [0.15, 0.2) is 48.5 Å². The van der Waals surface area contributed by atoms with Crippen molar-refractivity contribution in [3.63, 3.8) is 0 Å². The van der Waals surface area contributed by atoms with Crippen molar-refractivity contribution in [3.05, 3.63) is 64.7 Å². The first kappa shape index (κ1) is 15.9. The number of aryl methyl sites for hydroxylation is 2. The van der Waals surface area contributed by atoms with Gasteiger partial charge in [-0.05, 0) is 31.0 Å². The Labute approximate surface area is 151 Å². The number of hydrogen-bond donors (Lipinski definition) is 0. The molecule has 0 unspecified atom stereocenters. The van der Waals surface area contributed by atoms with E-state index in [9.17, 15) is 4.79 Å². The molecule has 0 saturated heterocycles. The number of hydrogen-bond acceptors (Lipinski definition) is 3. The summed E-state index contributed by atoms with van der Waals surface area (Å²) in [6, 6.07) is 15.5. The highest BCUT2D eigenvalue weighted by Gasteiger charge is 2.30. The molecule has 5 heteroatoms. The average molecular weight is 353 g/mol. The number of rotatable bonds is 3. The van der Waals surface area contributed by atoms with E-state index in [-0.39, 0.29) is 5.97 Å². The monoisotopic (exact) mass is 352 g/mol. The summed E-state index contributed by atoms with van der Waals surface area (Å²) in [6.07, 6.45) is 0.891. The van der Waals surface area contributed by atoms with Crippen LogP contribution in [-0.2, 0) is 17.7 Å². The smallest absolute Gasteiger partial charge is 0.342 e. The molecular formula is C20H17ClN2O2. The van der Waals surface area contributed by atoms with Gasteiger partial charge in [0.2, 0.25) is 0 Å². The number of esters is 1. The predicted molar refractivity (Wildman–Crippen MR) is 97.8 cm³/mol. The molecule has 0 atom stereocenters. The lowest BCUT2D eigenvalue weighted by molar-refractivity contribution is 0.0528. The van der Waals surface area contributed by atoms with Gasteiger partial charge in [0.25, 0.3) is 0 Å². The van der Waals surface area contributed by atoms with Crippen LogP contribution < -0.4 is 0 Å². The predicted octanol–water partition coefficient (Wildman–Crippen LogP) is 4.60. The number of fused-ring (bicyclic) bond motifs is 3. The van der Waals surface area contributed by atoms with Crippen molar-refractivity contribution in [2.24, 2.45) is 0 Å². The lowest BCUT2D eigenvalue weighted by Gasteiger charge is -2.18. The van der Waals surface area contributed by atoms with Crippen molar-refractivity contribution in [2.75, 3.05) is 6.61 Å². The van der Waals surface area contributed by atoms with Gasteiger partial charge in [-0.3, -0.25) is 4.68 Å². The summed E-state index contributed by atoms with van der Waals surface area (Å²) < 4.78 is 7.24. The molecule has 0 aliphatic carbocycles. The van der Waals surface area contributed by atoms with Crippen LogP contribution in [0.3, 0.4) is 0 Å². The number of carbonyl (C=O) groups excluding carboxylic acids is 1. The summed E-state index contributed by atoms with van der Waals surface area (Å²) in [5.41, 5.74) is 5.03. The van der Waals surface area contributed by atoms with Gasteiger partial charge in [0.1, 0.15) is 11.3 Å². The van der Waals surface area contributed by atoms with Gasteiger partial charge >= 0.3 is 5.97 Å². The van der Waals surface area contributed by atoms with Crippen molar-refractivity contribution in [1.82, 2.24) is 9.78 Å². The summed E-state index contributed by atoms with van der Waals surface area (Å²) in [4.78, 5) is 12.8. The van der Waals surface area contributed by atoms with Crippen molar-refractivity contribution in [3.8, 4) is 22.5 Å². The molecule has 0 amide bonds. The molecule has 0 saturated carbocycles. The average Bonchev–Trinajstić information content (AvgIpc) is 3.02. The minimum absolute atomic E-state index is 0.320. The number of benzene rings is 2. The van der Waals surface area contributed by atoms with Gasteiger partial charge in [-0.2, -0.15) is 5.10 Å². The van der Waals surface area contributed by atoms with E-state index < -0.39 is 0 Å². The van der Waals surface area contributed by atoms with Crippen molar-refractivity contribution < 1.29 is 9.53 Å². The Kier molecular flexibility index (Phi) is 4.06. The molecule has 0 N–H and O–H groups in total. The fourth-order valence-corrected chi connectivity index (χ4v) is 3.52. The van der Waals surface area contributed by atoms with E-state index in [1.165, 1.54) is 5.56 Å². The van der Waals surface area contributed by atoms with Crippen LogP contribution in [0.5, 0.6) is 0 Å². The van der Waals surface area contributed by atoms with Crippen molar-refractivity contribution >= 4 is 17.6 Å². The first-order valence-electron chi connectivity index (χ1n) is 8.31. The van der Waals surface area contributed by atoms with Gasteiger partial charge in [0.15, 0.2) is 0 Å². The second kappa shape index (κ2) is 6.37. The summed E-state index contributed by atoms with van der Waals surface area (Å²) in [7, 11) is 0. The topological polar surface area (TPSA) is 44.1 Å². The van der Waals surface area contributed by atoms with Gasteiger partial charge < -0.3 is 4.74 Å². The van der Waals surface area contributed by atoms with E-state index in [2.05, 4.69) is 6.07 Å². The molecule has 0 bridgehead atoms. The number of halogens is 1. The number of ether oxygens (including phenoxy) is 1. The van der Waals surface area contributed by atoms with Gasteiger partial charge in [-0.1, -0.05) is 48.0 Å². The van der Waals surface area contributed by atoms with Crippen LogP contribution in [0, 0.1) is 0 Å². The van der Waals surface area contributed by atoms with Gasteiger partial charge in [0.05, 0.1) is 12.3 Å². The minimum atomic E-state index is -0.351. The molecule has 0 spiro atoms. The molecule has 25 heavy (non-hydrogen) atoms. The lowest BCUT2D eigenvalue weighted by atomic mass is 9.94. The molecule has 4 nitrogen and oxygen atoms in total. The normalized spacial score (nSPS) is 12.4. The third-order valence-corrected chi connectivity index (χ3v) is 4.63. The summed E-state index contributed by atoms with van der Waals surface area (Å²) in [6.45, 7) is 2.86. The Balaban J connectivity index is 1.98. The zero-order valence-corrected chi connectivity index (χ0v) is 14.6. The van der Waals surface area contributed by atoms with Crippen LogP contribution in [0.2, 0.25) is 5.02 Å².